The van der Waals surface area contributed by atoms with Gasteiger partial charge in [-0.15, -0.1) is 0 Å². The number of para-hydroxylation sites is 2. The van der Waals surface area contributed by atoms with Gasteiger partial charge < -0.3 is 16.8 Å². The quantitative estimate of drug-likeness (QED) is 0.702. The van der Waals surface area contributed by atoms with Crippen molar-refractivity contribution < 1.29 is 4.79 Å². The summed E-state index contributed by atoms with van der Waals surface area (Å²) in [5.74, 6) is -0.504. The van der Waals surface area contributed by atoms with E-state index in [0.29, 0.717) is 16.9 Å². The maximum absolute atomic E-state index is 11.3. The fourth-order valence-corrected chi connectivity index (χ4v) is 1.58. The van der Waals surface area contributed by atoms with Crippen molar-refractivity contribution in [1.82, 2.24) is 0 Å². The summed E-state index contributed by atoms with van der Waals surface area (Å²) in [6.45, 7) is 0. The van der Waals surface area contributed by atoms with Crippen molar-refractivity contribution in [3.63, 3.8) is 0 Å². The van der Waals surface area contributed by atoms with Gasteiger partial charge in [0.25, 0.3) is 5.91 Å². The summed E-state index contributed by atoms with van der Waals surface area (Å²) in [4.78, 5) is 11.3. The second kappa shape index (κ2) is 4.57. The van der Waals surface area contributed by atoms with E-state index in [4.69, 9.17) is 11.5 Å². The average Bonchev–Trinajstić information content (AvgIpc) is 2.33. The molecule has 4 nitrogen and oxygen atoms in total. The molecule has 0 fully saturated rings. The number of benzene rings is 2. The second-order valence-electron chi connectivity index (χ2n) is 3.63. The van der Waals surface area contributed by atoms with Gasteiger partial charge in [0.2, 0.25) is 0 Å². The highest BCUT2D eigenvalue weighted by Gasteiger charge is 2.10. The Kier molecular flexibility index (Phi) is 2.96. The Morgan fingerprint density at radius 3 is 2.35 bits per heavy atom. The molecule has 0 atom stereocenters. The number of amides is 1. The number of hydrogen-bond acceptors (Lipinski definition) is 3. The SMILES string of the molecule is NC(=O)c1cccc(N)c1Nc1ccccc1. The number of nitrogens with one attached hydrogen (secondary N) is 1. The van der Waals surface area contributed by atoms with Crippen LogP contribution in [0, 0.1) is 0 Å². The third-order valence-corrected chi connectivity index (χ3v) is 2.41. The van der Waals surface area contributed by atoms with Crippen LogP contribution < -0.4 is 16.8 Å². The van der Waals surface area contributed by atoms with E-state index in [1.54, 1.807) is 18.2 Å². The van der Waals surface area contributed by atoms with E-state index in [2.05, 4.69) is 5.32 Å². The number of anilines is 3. The number of nitrogen functional groups attached to an aromatic ring is 1. The van der Waals surface area contributed by atoms with Crippen LogP contribution in [0.3, 0.4) is 0 Å². The molecule has 0 aliphatic carbocycles. The predicted molar refractivity (Wildman–Crippen MR) is 69.1 cm³/mol. The van der Waals surface area contributed by atoms with Crippen molar-refractivity contribution in [3.8, 4) is 0 Å². The van der Waals surface area contributed by atoms with Crippen molar-refractivity contribution >= 4 is 23.0 Å². The van der Waals surface area contributed by atoms with Gasteiger partial charge in [-0.3, -0.25) is 4.79 Å². The molecule has 0 saturated heterocycles. The molecule has 2 rings (SSSR count). The summed E-state index contributed by atoms with van der Waals surface area (Å²) >= 11 is 0. The summed E-state index contributed by atoms with van der Waals surface area (Å²) in [6.07, 6.45) is 0. The topological polar surface area (TPSA) is 81.1 Å². The zero-order chi connectivity index (χ0) is 12.3. The minimum atomic E-state index is -0.504. The Morgan fingerprint density at radius 1 is 1.00 bits per heavy atom. The lowest BCUT2D eigenvalue weighted by atomic mass is 10.1. The van der Waals surface area contributed by atoms with Gasteiger partial charge in [0.1, 0.15) is 0 Å². The highest BCUT2D eigenvalue weighted by Crippen LogP contribution is 2.26. The van der Waals surface area contributed by atoms with Gasteiger partial charge in [-0.2, -0.15) is 0 Å². The molecule has 0 radical (unpaired) electrons. The van der Waals surface area contributed by atoms with E-state index in [9.17, 15) is 4.79 Å². The first-order valence-electron chi connectivity index (χ1n) is 5.19. The first-order chi connectivity index (χ1) is 8.18. The number of primary amides is 1. The van der Waals surface area contributed by atoms with E-state index < -0.39 is 5.91 Å². The first kappa shape index (κ1) is 11.0. The Bertz CT molecular complexity index is 538. The standard InChI is InChI=1S/C13H13N3O/c14-11-8-4-7-10(13(15)17)12(11)16-9-5-2-1-3-6-9/h1-8,16H,14H2,(H2,15,17). The molecule has 4 heteroatoms. The van der Waals surface area contributed by atoms with E-state index >= 15 is 0 Å². The van der Waals surface area contributed by atoms with Crippen molar-refractivity contribution in [2.24, 2.45) is 5.73 Å². The smallest absolute Gasteiger partial charge is 0.250 e. The van der Waals surface area contributed by atoms with Gasteiger partial charge in [0.05, 0.1) is 16.9 Å². The Hall–Kier alpha value is -2.49. The molecule has 1 amide bonds. The monoisotopic (exact) mass is 227 g/mol. The first-order valence-corrected chi connectivity index (χ1v) is 5.19. The highest BCUT2D eigenvalue weighted by molar-refractivity contribution is 6.02. The van der Waals surface area contributed by atoms with E-state index in [0.717, 1.165) is 5.69 Å². The van der Waals surface area contributed by atoms with E-state index in [1.807, 2.05) is 30.3 Å². The average molecular weight is 227 g/mol. The predicted octanol–water partition coefficient (Wildman–Crippen LogP) is 2.11. The van der Waals surface area contributed by atoms with Crippen LogP contribution in [0.15, 0.2) is 48.5 Å². The van der Waals surface area contributed by atoms with Crippen LogP contribution in [0.1, 0.15) is 10.4 Å². The van der Waals surface area contributed by atoms with Crippen LogP contribution in [0.4, 0.5) is 17.1 Å². The molecule has 86 valence electrons. The van der Waals surface area contributed by atoms with Gasteiger partial charge in [0, 0.05) is 5.69 Å². The van der Waals surface area contributed by atoms with Gasteiger partial charge in [0.15, 0.2) is 0 Å². The lowest BCUT2D eigenvalue weighted by Gasteiger charge is -2.12. The molecular formula is C13H13N3O. The van der Waals surface area contributed by atoms with Crippen LogP contribution in [-0.4, -0.2) is 5.91 Å². The molecule has 17 heavy (non-hydrogen) atoms. The molecule has 2 aromatic carbocycles. The fraction of sp³-hybridized carbons (Fsp3) is 0. The third kappa shape index (κ3) is 2.36. The molecule has 0 aliphatic rings. The Balaban J connectivity index is 2.41. The van der Waals surface area contributed by atoms with Crippen LogP contribution >= 0.6 is 0 Å². The number of carbonyl (C=O) groups is 1. The summed E-state index contributed by atoms with van der Waals surface area (Å²) < 4.78 is 0. The van der Waals surface area contributed by atoms with Crippen LogP contribution in [-0.2, 0) is 0 Å². The van der Waals surface area contributed by atoms with Crippen LogP contribution in [0.2, 0.25) is 0 Å². The normalized spacial score (nSPS) is 9.88. The number of carbonyl (C=O) groups excluding carboxylic acids is 1. The van der Waals surface area contributed by atoms with Gasteiger partial charge in [-0.25, -0.2) is 0 Å². The Labute approximate surface area is 99.2 Å². The molecule has 0 heterocycles. The van der Waals surface area contributed by atoms with Gasteiger partial charge in [-0.1, -0.05) is 24.3 Å². The van der Waals surface area contributed by atoms with Crippen molar-refractivity contribution in [1.29, 1.82) is 0 Å². The number of nitrogens with two attached hydrogens (primary N) is 2. The molecule has 0 aliphatic heterocycles. The fourth-order valence-electron chi connectivity index (χ4n) is 1.58. The number of rotatable bonds is 3. The summed E-state index contributed by atoms with van der Waals surface area (Å²) in [6, 6.07) is 14.5. The summed E-state index contributed by atoms with van der Waals surface area (Å²) in [7, 11) is 0. The third-order valence-electron chi connectivity index (χ3n) is 2.41. The minimum Gasteiger partial charge on any atom is -0.397 e. The molecule has 0 saturated carbocycles. The maximum atomic E-state index is 11.3. The molecular weight excluding hydrogens is 214 g/mol. The van der Waals surface area contributed by atoms with Gasteiger partial charge >= 0.3 is 0 Å². The molecule has 0 bridgehead atoms. The highest BCUT2D eigenvalue weighted by atomic mass is 16.1. The largest absolute Gasteiger partial charge is 0.397 e. The molecule has 0 unspecified atom stereocenters. The zero-order valence-corrected chi connectivity index (χ0v) is 9.18. The van der Waals surface area contributed by atoms with E-state index in [1.165, 1.54) is 0 Å². The molecule has 5 N–H and O–H groups in total. The van der Waals surface area contributed by atoms with E-state index in [-0.39, 0.29) is 0 Å². The van der Waals surface area contributed by atoms with Crippen LogP contribution in [0.5, 0.6) is 0 Å². The maximum Gasteiger partial charge on any atom is 0.250 e. The summed E-state index contributed by atoms with van der Waals surface area (Å²) in [5, 5.41) is 3.10. The number of hydrogen-bond donors (Lipinski definition) is 3. The Morgan fingerprint density at radius 2 is 1.71 bits per heavy atom. The molecule has 2 aromatic rings. The lowest BCUT2D eigenvalue weighted by molar-refractivity contribution is 0.100. The lowest BCUT2D eigenvalue weighted by Crippen LogP contribution is -2.14. The second-order valence-corrected chi connectivity index (χ2v) is 3.63. The van der Waals surface area contributed by atoms with Crippen molar-refractivity contribution in [3.05, 3.63) is 54.1 Å². The van der Waals surface area contributed by atoms with Gasteiger partial charge in [-0.05, 0) is 24.3 Å². The molecule has 0 spiro atoms. The van der Waals surface area contributed by atoms with Crippen molar-refractivity contribution in [2.75, 3.05) is 11.1 Å². The van der Waals surface area contributed by atoms with Crippen molar-refractivity contribution in [2.45, 2.75) is 0 Å². The molecule has 0 aromatic heterocycles. The zero-order valence-electron chi connectivity index (χ0n) is 9.18. The summed E-state index contributed by atoms with van der Waals surface area (Å²) in [5.41, 5.74) is 13.4. The minimum absolute atomic E-state index is 0.383. The van der Waals surface area contributed by atoms with Crippen LogP contribution in [0.25, 0.3) is 0 Å².